The second-order valence-corrected chi connectivity index (χ2v) is 10.4. The molecule has 0 heterocycles. The quantitative estimate of drug-likeness (QED) is 0.0741. The van der Waals surface area contributed by atoms with Crippen molar-refractivity contribution in [2.45, 2.75) is 0 Å². The molecule has 2 aromatic rings. The SMILES string of the molecule is O=C(OCCOCCOCCOCCOCCOCCOCCOCCOCCOCCOCCOCCOc1ccccc1)c1ccccc1. The summed E-state index contributed by atoms with van der Waals surface area (Å²) in [4.78, 5) is 11.8. The Morgan fingerprint density at radius 1 is 0.314 bits per heavy atom. The van der Waals surface area contributed by atoms with Gasteiger partial charge in [0.2, 0.25) is 0 Å². The van der Waals surface area contributed by atoms with Gasteiger partial charge in [0.05, 0.1) is 151 Å². The second-order valence-electron chi connectivity index (χ2n) is 10.4. The van der Waals surface area contributed by atoms with E-state index < -0.39 is 0 Å². The van der Waals surface area contributed by atoms with Gasteiger partial charge in [-0.2, -0.15) is 0 Å². The molecule has 51 heavy (non-hydrogen) atoms. The average molecular weight is 727 g/mol. The maximum absolute atomic E-state index is 11.8. The third kappa shape index (κ3) is 29.5. The first-order valence-corrected chi connectivity index (χ1v) is 17.6. The van der Waals surface area contributed by atoms with Gasteiger partial charge in [0.1, 0.15) is 19.0 Å². The monoisotopic (exact) mass is 726 g/mol. The minimum Gasteiger partial charge on any atom is -0.491 e. The van der Waals surface area contributed by atoms with Crippen LogP contribution in [0.15, 0.2) is 60.7 Å². The average Bonchev–Trinajstić information content (AvgIpc) is 3.16. The van der Waals surface area contributed by atoms with E-state index in [1.165, 1.54) is 0 Å². The molecular formula is C37H58O14. The van der Waals surface area contributed by atoms with Gasteiger partial charge in [-0.3, -0.25) is 0 Å². The molecule has 0 bridgehead atoms. The summed E-state index contributed by atoms with van der Waals surface area (Å²) in [5, 5.41) is 0. The van der Waals surface area contributed by atoms with Crippen molar-refractivity contribution in [1.29, 1.82) is 0 Å². The number of hydrogen-bond donors (Lipinski definition) is 0. The van der Waals surface area contributed by atoms with Gasteiger partial charge in [-0.05, 0) is 24.3 Å². The van der Waals surface area contributed by atoms with Crippen LogP contribution in [-0.2, 0) is 56.8 Å². The van der Waals surface area contributed by atoms with Crippen LogP contribution >= 0.6 is 0 Å². The van der Waals surface area contributed by atoms with Crippen LogP contribution in [0.3, 0.4) is 0 Å². The Morgan fingerprint density at radius 3 is 0.882 bits per heavy atom. The van der Waals surface area contributed by atoms with Gasteiger partial charge in [0, 0.05) is 0 Å². The number of hydrogen-bond acceptors (Lipinski definition) is 14. The summed E-state index contributed by atoms with van der Waals surface area (Å²) in [6.45, 7) is 11.3. The van der Waals surface area contributed by atoms with Crippen LogP contribution in [0.4, 0.5) is 0 Å². The number of benzene rings is 2. The van der Waals surface area contributed by atoms with Gasteiger partial charge in [-0.1, -0.05) is 36.4 Å². The summed E-state index contributed by atoms with van der Waals surface area (Å²) in [7, 11) is 0. The van der Waals surface area contributed by atoms with E-state index in [4.69, 9.17) is 61.6 Å². The number of ether oxygens (including phenoxy) is 13. The van der Waals surface area contributed by atoms with Crippen molar-refractivity contribution >= 4 is 5.97 Å². The fourth-order valence-electron chi connectivity index (χ4n) is 3.89. The molecule has 0 saturated heterocycles. The number of rotatable bonds is 38. The first kappa shape index (κ1) is 44.4. The van der Waals surface area contributed by atoms with Crippen molar-refractivity contribution in [1.82, 2.24) is 0 Å². The van der Waals surface area contributed by atoms with Crippen molar-refractivity contribution < 1.29 is 66.4 Å². The molecule has 0 aliphatic heterocycles. The molecule has 14 nitrogen and oxygen atoms in total. The smallest absolute Gasteiger partial charge is 0.338 e. The lowest BCUT2D eigenvalue weighted by Gasteiger charge is -2.09. The predicted molar refractivity (Wildman–Crippen MR) is 188 cm³/mol. The van der Waals surface area contributed by atoms with E-state index in [1.54, 1.807) is 24.3 Å². The molecule has 0 radical (unpaired) electrons. The predicted octanol–water partition coefficient (Wildman–Crippen LogP) is 3.11. The lowest BCUT2D eigenvalue weighted by molar-refractivity contribution is -0.0282. The summed E-state index contributed by atoms with van der Waals surface area (Å²) >= 11 is 0. The maximum Gasteiger partial charge on any atom is 0.338 e. The van der Waals surface area contributed by atoms with Crippen LogP contribution in [0.1, 0.15) is 10.4 Å². The Balaban J connectivity index is 1.13. The van der Waals surface area contributed by atoms with Crippen molar-refractivity contribution in [3.63, 3.8) is 0 Å². The Labute approximate surface area is 302 Å². The topological polar surface area (TPSA) is 137 Å². The van der Waals surface area contributed by atoms with Crippen LogP contribution in [-0.4, -0.2) is 165 Å². The zero-order valence-corrected chi connectivity index (χ0v) is 30.0. The number of esters is 1. The molecule has 0 spiro atoms. The minimum atomic E-state index is -0.358. The molecule has 14 heteroatoms. The van der Waals surface area contributed by atoms with Gasteiger partial charge in [-0.25, -0.2) is 4.79 Å². The zero-order chi connectivity index (χ0) is 36.0. The van der Waals surface area contributed by atoms with Crippen LogP contribution in [0, 0.1) is 0 Å². The molecule has 0 amide bonds. The van der Waals surface area contributed by atoms with E-state index >= 15 is 0 Å². The highest BCUT2D eigenvalue weighted by molar-refractivity contribution is 5.89. The van der Waals surface area contributed by atoms with Crippen LogP contribution in [0.5, 0.6) is 5.75 Å². The second kappa shape index (κ2) is 35.7. The Morgan fingerprint density at radius 2 is 0.569 bits per heavy atom. The fourth-order valence-corrected chi connectivity index (χ4v) is 3.89. The summed E-state index contributed by atoms with van der Waals surface area (Å²) in [6, 6.07) is 18.5. The summed E-state index contributed by atoms with van der Waals surface area (Å²) in [6.07, 6.45) is 0. The highest BCUT2D eigenvalue weighted by Gasteiger charge is 2.05. The minimum absolute atomic E-state index is 0.200. The molecular weight excluding hydrogens is 668 g/mol. The van der Waals surface area contributed by atoms with Crippen LogP contribution < -0.4 is 4.74 Å². The lowest BCUT2D eigenvalue weighted by atomic mass is 10.2. The standard InChI is InChI=1S/C37H58O14/c38-37(35-7-3-1-4-8-35)51-34-32-49-30-28-47-26-24-45-22-20-43-18-16-41-14-12-39-11-13-40-15-17-42-19-21-44-23-25-46-27-29-48-31-33-50-36-9-5-2-6-10-36/h1-10H,11-34H2. The van der Waals surface area contributed by atoms with E-state index in [-0.39, 0.29) is 12.6 Å². The van der Waals surface area contributed by atoms with E-state index in [9.17, 15) is 4.79 Å². The number of carbonyl (C=O) groups is 1. The summed E-state index contributed by atoms with van der Waals surface area (Å²) in [5.41, 5.74) is 0.524. The van der Waals surface area contributed by atoms with E-state index in [2.05, 4.69) is 0 Å². The molecule has 0 N–H and O–H groups in total. The molecule has 0 aliphatic rings. The van der Waals surface area contributed by atoms with Crippen molar-refractivity contribution in [3.8, 4) is 5.75 Å². The molecule has 0 aromatic heterocycles. The highest BCUT2D eigenvalue weighted by atomic mass is 16.6. The molecule has 0 unspecified atom stereocenters. The molecule has 0 saturated carbocycles. The zero-order valence-electron chi connectivity index (χ0n) is 30.0. The first-order chi connectivity index (χ1) is 25.4. The van der Waals surface area contributed by atoms with Gasteiger partial charge in [-0.15, -0.1) is 0 Å². The highest BCUT2D eigenvalue weighted by Crippen LogP contribution is 2.07. The molecule has 2 rings (SSSR count). The molecule has 290 valence electrons. The van der Waals surface area contributed by atoms with E-state index in [1.807, 2.05) is 36.4 Å². The van der Waals surface area contributed by atoms with Gasteiger partial charge in [0.25, 0.3) is 0 Å². The molecule has 0 atom stereocenters. The first-order valence-electron chi connectivity index (χ1n) is 17.6. The Bertz CT molecular complexity index is 1000. The molecule has 0 aliphatic carbocycles. The Hall–Kier alpha value is -2.73. The number of carbonyl (C=O) groups excluding carboxylic acids is 1. The van der Waals surface area contributed by atoms with Gasteiger partial charge >= 0.3 is 5.97 Å². The molecule has 2 aromatic carbocycles. The summed E-state index contributed by atoms with van der Waals surface area (Å²) in [5.74, 6) is 0.482. The lowest BCUT2D eigenvalue weighted by Crippen LogP contribution is -2.16. The number of para-hydroxylation sites is 1. The normalized spacial score (nSPS) is 11.2. The van der Waals surface area contributed by atoms with E-state index in [0.717, 1.165) is 5.75 Å². The van der Waals surface area contributed by atoms with E-state index in [0.29, 0.717) is 158 Å². The van der Waals surface area contributed by atoms with Crippen LogP contribution in [0.2, 0.25) is 0 Å². The third-order valence-corrected chi connectivity index (χ3v) is 6.43. The van der Waals surface area contributed by atoms with Gasteiger partial charge < -0.3 is 61.6 Å². The summed E-state index contributed by atoms with van der Waals surface area (Å²) < 4.78 is 70.9. The fraction of sp³-hybridized carbons (Fsp3) is 0.649. The molecule has 0 fully saturated rings. The van der Waals surface area contributed by atoms with Crippen molar-refractivity contribution in [2.24, 2.45) is 0 Å². The Kier molecular flexibility index (Phi) is 31.1. The van der Waals surface area contributed by atoms with Gasteiger partial charge in [0.15, 0.2) is 0 Å². The third-order valence-electron chi connectivity index (χ3n) is 6.43. The van der Waals surface area contributed by atoms with Crippen molar-refractivity contribution in [2.75, 3.05) is 159 Å². The largest absolute Gasteiger partial charge is 0.491 e. The maximum atomic E-state index is 11.8. The van der Waals surface area contributed by atoms with Crippen molar-refractivity contribution in [3.05, 3.63) is 66.2 Å². The van der Waals surface area contributed by atoms with Crippen LogP contribution in [0.25, 0.3) is 0 Å².